The van der Waals surface area contributed by atoms with Crippen LogP contribution in [0.15, 0.2) is 36.4 Å². The van der Waals surface area contributed by atoms with Crippen LogP contribution in [0.4, 0.5) is 0 Å². The van der Waals surface area contributed by atoms with Crippen LogP contribution in [0.3, 0.4) is 0 Å². The second-order valence-electron chi connectivity index (χ2n) is 8.92. The van der Waals surface area contributed by atoms with Crippen molar-refractivity contribution in [2.45, 2.75) is 45.1 Å². The van der Waals surface area contributed by atoms with Crippen LogP contribution in [0.1, 0.15) is 63.2 Å². The number of carbonyl (C=O) groups excluding carboxylic acids is 1. The normalized spacial score (nSPS) is 18.1. The van der Waals surface area contributed by atoms with Gasteiger partial charge in [0.05, 0.1) is 26.0 Å². The van der Waals surface area contributed by atoms with Gasteiger partial charge in [-0.2, -0.15) is 5.10 Å². The number of hydrogen-bond acceptors (Lipinski definition) is 5. The number of aromatic amines is 1. The Bertz CT molecular complexity index is 1160. The van der Waals surface area contributed by atoms with Gasteiger partial charge in [-0.3, -0.25) is 14.9 Å². The van der Waals surface area contributed by atoms with E-state index < -0.39 is 0 Å². The summed E-state index contributed by atoms with van der Waals surface area (Å²) in [5.41, 5.74) is 6.96. The number of morpholine rings is 1. The summed E-state index contributed by atoms with van der Waals surface area (Å²) in [5.74, 6) is 0.843. The number of rotatable bonds is 5. The summed E-state index contributed by atoms with van der Waals surface area (Å²) in [7, 11) is 1.68. The number of hydrogen-bond donors (Lipinski definition) is 1. The van der Waals surface area contributed by atoms with Gasteiger partial charge in [0.25, 0.3) is 5.91 Å². The summed E-state index contributed by atoms with van der Waals surface area (Å²) in [5, 5.41) is 7.46. The van der Waals surface area contributed by atoms with E-state index in [9.17, 15) is 4.79 Å². The highest BCUT2D eigenvalue weighted by atomic mass is 16.5. The molecule has 1 fully saturated rings. The molecule has 0 spiro atoms. The van der Waals surface area contributed by atoms with E-state index in [0.717, 1.165) is 60.5 Å². The van der Waals surface area contributed by atoms with E-state index in [1.165, 1.54) is 11.1 Å². The molecule has 5 rings (SSSR count). The van der Waals surface area contributed by atoms with Crippen molar-refractivity contribution in [3.63, 3.8) is 0 Å². The van der Waals surface area contributed by atoms with Crippen LogP contribution in [0.2, 0.25) is 0 Å². The highest BCUT2D eigenvalue weighted by Gasteiger charge is 2.31. The molecule has 3 aromatic rings. The molecule has 7 nitrogen and oxygen atoms in total. The SMILES string of the molecule is COc1cccc(Cc2cc(C)nc([C@@H]3CN(C(=O)c4n[nH]c5c4CCCC5)CCO3)c2)c1. The fourth-order valence-corrected chi connectivity index (χ4v) is 4.87. The average molecular weight is 447 g/mol. The van der Waals surface area contributed by atoms with Crippen molar-refractivity contribution in [2.75, 3.05) is 26.8 Å². The lowest BCUT2D eigenvalue weighted by atomic mass is 9.95. The zero-order valence-corrected chi connectivity index (χ0v) is 19.3. The van der Waals surface area contributed by atoms with Crippen molar-refractivity contribution < 1.29 is 14.3 Å². The maximum Gasteiger partial charge on any atom is 0.274 e. The van der Waals surface area contributed by atoms with Crippen LogP contribution in [0.25, 0.3) is 0 Å². The highest BCUT2D eigenvalue weighted by molar-refractivity contribution is 5.94. The van der Waals surface area contributed by atoms with Crippen molar-refractivity contribution in [3.05, 3.63) is 75.9 Å². The van der Waals surface area contributed by atoms with E-state index in [-0.39, 0.29) is 12.0 Å². The van der Waals surface area contributed by atoms with Crippen LogP contribution >= 0.6 is 0 Å². The van der Waals surface area contributed by atoms with Gasteiger partial charge in [0, 0.05) is 23.5 Å². The molecule has 0 saturated carbocycles. The van der Waals surface area contributed by atoms with Gasteiger partial charge in [-0.1, -0.05) is 12.1 Å². The molecule has 1 aromatic carbocycles. The van der Waals surface area contributed by atoms with Crippen LogP contribution < -0.4 is 4.74 Å². The third-order valence-electron chi connectivity index (χ3n) is 6.52. The van der Waals surface area contributed by atoms with Gasteiger partial charge >= 0.3 is 0 Å². The Balaban J connectivity index is 1.34. The number of amides is 1. The van der Waals surface area contributed by atoms with Crippen molar-refractivity contribution >= 4 is 5.91 Å². The van der Waals surface area contributed by atoms with Gasteiger partial charge < -0.3 is 14.4 Å². The lowest BCUT2D eigenvalue weighted by molar-refractivity contribution is -0.0250. The molecular weight excluding hydrogens is 416 g/mol. The number of aromatic nitrogens is 3. The predicted molar refractivity (Wildman–Crippen MR) is 125 cm³/mol. The van der Waals surface area contributed by atoms with E-state index in [2.05, 4.69) is 34.5 Å². The molecule has 1 aliphatic heterocycles. The summed E-state index contributed by atoms with van der Waals surface area (Å²) >= 11 is 0. The highest BCUT2D eigenvalue weighted by Crippen LogP contribution is 2.27. The molecule has 1 N–H and O–H groups in total. The van der Waals surface area contributed by atoms with Crippen molar-refractivity contribution in [3.8, 4) is 5.75 Å². The monoisotopic (exact) mass is 446 g/mol. The second-order valence-corrected chi connectivity index (χ2v) is 8.92. The predicted octanol–water partition coefficient (Wildman–Crippen LogP) is 3.81. The number of carbonyl (C=O) groups is 1. The number of methoxy groups -OCH3 is 1. The van der Waals surface area contributed by atoms with Gasteiger partial charge in [-0.15, -0.1) is 0 Å². The third kappa shape index (κ3) is 4.64. The van der Waals surface area contributed by atoms with Crippen LogP contribution in [0.5, 0.6) is 5.75 Å². The first-order valence-corrected chi connectivity index (χ1v) is 11.7. The number of aryl methyl sites for hydroxylation is 2. The minimum absolute atomic E-state index is 0.00745. The molecule has 3 heterocycles. The number of benzene rings is 1. The lowest BCUT2D eigenvalue weighted by Gasteiger charge is -2.32. The molecule has 0 bridgehead atoms. The van der Waals surface area contributed by atoms with E-state index in [0.29, 0.717) is 25.4 Å². The van der Waals surface area contributed by atoms with E-state index in [1.807, 2.05) is 24.0 Å². The van der Waals surface area contributed by atoms with Gasteiger partial charge in [0.15, 0.2) is 5.69 Å². The first kappa shape index (κ1) is 21.6. The average Bonchev–Trinajstić information content (AvgIpc) is 3.27. The largest absolute Gasteiger partial charge is 0.497 e. The fraction of sp³-hybridized carbons (Fsp3) is 0.423. The topological polar surface area (TPSA) is 80.3 Å². The van der Waals surface area contributed by atoms with Crippen LogP contribution in [-0.4, -0.2) is 52.8 Å². The third-order valence-corrected chi connectivity index (χ3v) is 6.52. The zero-order chi connectivity index (χ0) is 22.8. The Morgan fingerprint density at radius 2 is 2.09 bits per heavy atom. The molecule has 0 unspecified atom stereocenters. The second kappa shape index (κ2) is 9.35. The summed E-state index contributed by atoms with van der Waals surface area (Å²) in [6.07, 6.45) is 4.70. The van der Waals surface area contributed by atoms with Crippen LogP contribution in [0, 0.1) is 6.92 Å². The summed E-state index contributed by atoms with van der Waals surface area (Å²) in [6, 6.07) is 12.3. The number of H-pyrrole nitrogens is 1. The Kier molecular flexibility index (Phi) is 6.13. The fourth-order valence-electron chi connectivity index (χ4n) is 4.87. The smallest absolute Gasteiger partial charge is 0.274 e. The molecule has 1 saturated heterocycles. The van der Waals surface area contributed by atoms with Gasteiger partial charge in [-0.05, 0) is 74.4 Å². The van der Waals surface area contributed by atoms with Crippen molar-refractivity contribution in [2.24, 2.45) is 0 Å². The maximum atomic E-state index is 13.3. The molecular formula is C26H30N4O3. The van der Waals surface area contributed by atoms with E-state index in [4.69, 9.17) is 14.5 Å². The molecule has 2 aromatic heterocycles. The van der Waals surface area contributed by atoms with E-state index >= 15 is 0 Å². The first-order valence-electron chi connectivity index (χ1n) is 11.7. The summed E-state index contributed by atoms with van der Waals surface area (Å²) in [4.78, 5) is 19.9. The van der Waals surface area contributed by atoms with Crippen molar-refractivity contribution in [1.82, 2.24) is 20.1 Å². The Morgan fingerprint density at radius 3 is 2.97 bits per heavy atom. The van der Waals surface area contributed by atoms with Gasteiger partial charge in [-0.25, -0.2) is 0 Å². The summed E-state index contributed by atoms with van der Waals surface area (Å²) in [6.45, 7) is 3.54. The zero-order valence-electron chi connectivity index (χ0n) is 19.3. The van der Waals surface area contributed by atoms with Crippen molar-refractivity contribution in [1.29, 1.82) is 0 Å². The molecule has 1 amide bonds. The molecule has 33 heavy (non-hydrogen) atoms. The van der Waals surface area contributed by atoms with Gasteiger partial charge in [0.1, 0.15) is 11.9 Å². The standard InChI is InChI=1S/C26H30N4O3/c1-17-12-19(13-18-6-5-7-20(14-18)32-2)15-23(27-17)24-16-30(10-11-33-24)26(31)25-21-8-3-4-9-22(21)28-29-25/h5-7,12,14-15,24H,3-4,8-11,13,16H2,1-2H3,(H,28,29)/t24-/m0/s1. The Labute approximate surface area is 194 Å². The molecule has 1 aliphatic carbocycles. The first-order chi connectivity index (χ1) is 16.1. The minimum Gasteiger partial charge on any atom is -0.497 e. The molecule has 1 atom stereocenters. The van der Waals surface area contributed by atoms with Gasteiger partial charge in [0.2, 0.25) is 0 Å². The number of ether oxygens (including phenoxy) is 2. The maximum absolute atomic E-state index is 13.3. The number of nitrogens with zero attached hydrogens (tertiary/aromatic N) is 3. The molecule has 2 aliphatic rings. The lowest BCUT2D eigenvalue weighted by Crippen LogP contribution is -2.43. The Morgan fingerprint density at radius 1 is 1.21 bits per heavy atom. The molecule has 7 heteroatoms. The number of fused-ring (bicyclic) bond motifs is 1. The molecule has 172 valence electrons. The quantitative estimate of drug-likeness (QED) is 0.645. The number of pyridine rings is 1. The minimum atomic E-state index is -0.249. The number of nitrogens with one attached hydrogen (secondary N) is 1. The molecule has 0 radical (unpaired) electrons. The van der Waals surface area contributed by atoms with Crippen LogP contribution in [-0.2, 0) is 24.0 Å². The summed E-state index contributed by atoms with van der Waals surface area (Å²) < 4.78 is 11.4. The Hall–Kier alpha value is -3.19. The van der Waals surface area contributed by atoms with E-state index in [1.54, 1.807) is 7.11 Å².